The maximum Gasteiger partial charge on any atom is 0.416 e. The van der Waals surface area contributed by atoms with Crippen molar-refractivity contribution in [3.05, 3.63) is 28.8 Å². The molecule has 0 heterocycles. The Kier molecular flexibility index (Phi) is 5.83. The van der Waals surface area contributed by atoms with Gasteiger partial charge in [-0.3, -0.25) is 4.79 Å². The summed E-state index contributed by atoms with van der Waals surface area (Å²) in [4.78, 5) is 11.7. The van der Waals surface area contributed by atoms with Gasteiger partial charge in [0.1, 0.15) is 0 Å². The third kappa shape index (κ3) is 4.68. The van der Waals surface area contributed by atoms with E-state index in [1.165, 1.54) is 0 Å². The summed E-state index contributed by atoms with van der Waals surface area (Å²) in [5.41, 5.74) is 4.58. The van der Waals surface area contributed by atoms with Crippen LogP contribution in [0.5, 0.6) is 0 Å². The van der Waals surface area contributed by atoms with Crippen LogP contribution in [-0.4, -0.2) is 12.5 Å². The number of rotatable bonds is 5. The van der Waals surface area contributed by atoms with Crippen molar-refractivity contribution in [2.24, 2.45) is 11.7 Å². The molecule has 0 saturated carbocycles. The SMILES string of the molecule is CCC(CN)CC(=O)Nc1cc(C(F)(F)F)ccc1Cl. The highest BCUT2D eigenvalue weighted by molar-refractivity contribution is 6.33. The molecule has 0 spiro atoms. The van der Waals surface area contributed by atoms with E-state index in [-0.39, 0.29) is 23.0 Å². The quantitative estimate of drug-likeness (QED) is 0.872. The van der Waals surface area contributed by atoms with E-state index in [0.717, 1.165) is 24.6 Å². The molecule has 0 aromatic heterocycles. The first-order valence-corrected chi connectivity index (χ1v) is 6.52. The minimum atomic E-state index is -4.48. The van der Waals surface area contributed by atoms with Crippen molar-refractivity contribution in [3.63, 3.8) is 0 Å². The lowest BCUT2D eigenvalue weighted by molar-refractivity contribution is -0.137. The molecule has 1 unspecified atom stereocenters. The van der Waals surface area contributed by atoms with Gasteiger partial charge in [-0.25, -0.2) is 0 Å². The molecule has 3 nitrogen and oxygen atoms in total. The zero-order chi connectivity index (χ0) is 15.3. The second-order valence-electron chi connectivity index (χ2n) is 4.45. The molecule has 0 fully saturated rings. The Hall–Kier alpha value is -1.27. The van der Waals surface area contributed by atoms with Crippen LogP contribution < -0.4 is 11.1 Å². The normalized spacial score (nSPS) is 13.1. The lowest BCUT2D eigenvalue weighted by Crippen LogP contribution is -2.22. The van der Waals surface area contributed by atoms with Gasteiger partial charge in [0.25, 0.3) is 0 Å². The zero-order valence-corrected chi connectivity index (χ0v) is 11.7. The van der Waals surface area contributed by atoms with Gasteiger partial charge < -0.3 is 11.1 Å². The first-order chi connectivity index (χ1) is 9.27. The van der Waals surface area contributed by atoms with E-state index in [1.54, 1.807) is 0 Å². The lowest BCUT2D eigenvalue weighted by atomic mass is 10.0. The fourth-order valence-electron chi connectivity index (χ4n) is 1.66. The Morgan fingerprint density at radius 3 is 2.60 bits per heavy atom. The van der Waals surface area contributed by atoms with Gasteiger partial charge in [0, 0.05) is 6.42 Å². The number of alkyl halides is 3. The van der Waals surface area contributed by atoms with Crippen LogP contribution in [0.2, 0.25) is 5.02 Å². The Bertz CT molecular complexity index is 473. The summed E-state index contributed by atoms with van der Waals surface area (Å²) in [6.07, 6.45) is -3.60. The Morgan fingerprint density at radius 1 is 1.45 bits per heavy atom. The lowest BCUT2D eigenvalue weighted by Gasteiger charge is -2.14. The summed E-state index contributed by atoms with van der Waals surface area (Å²) in [5, 5.41) is 2.46. The monoisotopic (exact) mass is 308 g/mol. The predicted molar refractivity (Wildman–Crippen MR) is 72.5 cm³/mol. The van der Waals surface area contributed by atoms with Gasteiger partial charge in [-0.2, -0.15) is 13.2 Å². The highest BCUT2D eigenvalue weighted by Gasteiger charge is 2.31. The fourth-order valence-corrected chi connectivity index (χ4v) is 1.82. The fraction of sp³-hybridized carbons (Fsp3) is 0.462. The summed E-state index contributed by atoms with van der Waals surface area (Å²) >= 11 is 5.79. The Balaban J connectivity index is 2.84. The van der Waals surface area contributed by atoms with Crippen LogP contribution in [0.15, 0.2) is 18.2 Å². The number of hydrogen-bond donors (Lipinski definition) is 2. The first kappa shape index (κ1) is 16.8. The summed E-state index contributed by atoms with van der Waals surface area (Å²) in [6, 6.07) is 2.80. The number of hydrogen-bond acceptors (Lipinski definition) is 2. The summed E-state index contributed by atoms with van der Waals surface area (Å²) in [5.74, 6) is -0.400. The summed E-state index contributed by atoms with van der Waals surface area (Å²) < 4.78 is 37.8. The van der Waals surface area contributed by atoms with Gasteiger partial charge in [-0.15, -0.1) is 0 Å². The van der Waals surface area contributed by atoms with Gasteiger partial charge in [0.2, 0.25) is 5.91 Å². The predicted octanol–water partition coefficient (Wildman–Crippen LogP) is 3.67. The average Bonchev–Trinajstić information content (AvgIpc) is 2.37. The molecule has 1 amide bonds. The van der Waals surface area contributed by atoms with Crippen LogP contribution in [0.25, 0.3) is 0 Å². The number of benzene rings is 1. The van der Waals surface area contributed by atoms with Crippen molar-refractivity contribution >= 4 is 23.2 Å². The van der Waals surface area contributed by atoms with Gasteiger partial charge in [-0.1, -0.05) is 24.9 Å². The minimum Gasteiger partial charge on any atom is -0.330 e. The summed E-state index contributed by atoms with van der Waals surface area (Å²) in [6.45, 7) is 2.24. The molecule has 1 aromatic carbocycles. The van der Waals surface area contributed by atoms with Crippen molar-refractivity contribution in [2.75, 3.05) is 11.9 Å². The molecule has 7 heteroatoms. The standard InChI is InChI=1S/C13H16ClF3N2O/c1-2-8(7-18)5-12(20)19-11-6-9(13(15,16)17)3-4-10(11)14/h3-4,6,8H,2,5,7,18H2,1H3,(H,19,20). The Morgan fingerprint density at radius 2 is 2.10 bits per heavy atom. The van der Waals surface area contributed by atoms with Gasteiger partial charge in [0.15, 0.2) is 0 Å². The highest BCUT2D eigenvalue weighted by Crippen LogP contribution is 2.33. The van der Waals surface area contributed by atoms with E-state index >= 15 is 0 Å². The first-order valence-electron chi connectivity index (χ1n) is 6.14. The molecule has 0 aliphatic rings. The van der Waals surface area contributed by atoms with E-state index in [2.05, 4.69) is 5.32 Å². The number of nitrogens with two attached hydrogens (primary N) is 1. The maximum absolute atomic E-state index is 12.6. The highest BCUT2D eigenvalue weighted by atomic mass is 35.5. The van der Waals surface area contributed by atoms with Gasteiger partial charge in [-0.05, 0) is 30.7 Å². The molecule has 0 bridgehead atoms. The molecular formula is C13H16ClF3N2O. The molecule has 1 atom stereocenters. The molecular weight excluding hydrogens is 293 g/mol. The van der Waals surface area contributed by atoms with Crippen molar-refractivity contribution in [1.82, 2.24) is 0 Å². The largest absolute Gasteiger partial charge is 0.416 e. The van der Waals surface area contributed by atoms with Crippen LogP contribution in [0.3, 0.4) is 0 Å². The number of carbonyl (C=O) groups is 1. The zero-order valence-electron chi connectivity index (χ0n) is 10.9. The van der Waals surface area contributed by atoms with Crippen LogP contribution in [0, 0.1) is 5.92 Å². The van der Waals surface area contributed by atoms with Crippen LogP contribution in [0.1, 0.15) is 25.3 Å². The van der Waals surface area contributed by atoms with Crippen molar-refractivity contribution in [3.8, 4) is 0 Å². The second-order valence-corrected chi connectivity index (χ2v) is 4.86. The minimum absolute atomic E-state index is 0.000394. The number of carbonyl (C=O) groups excluding carboxylic acids is 1. The third-order valence-electron chi connectivity index (χ3n) is 2.95. The van der Waals surface area contributed by atoms with Crippen molar-refractivity contribution in [2.45, 2.75) is 25.9 Å². The second kappa shape index (κ2) is 6.95. The van der Waals surface area contributed by atoms with E-state index in [1.807, 2.05) is 6.92 Å². The van der Waals surface area contributed by atoms with Crippen molar-refractivity contribution in [1.29, 1.82) is 0 Å². The van der Waals surface area contributed by atoms with Crippen LogP contribution >= 0.6 is 11.6 Å². The Labute approximate surface area is 120 Å². The van der Waals surface area contributed by atoms with Gasteiger partial charge >= 0.3 is 6.18 Å². The number of anilines is 1. The van der Waals surface area contributed by atoms with Crippen LogP contribution in [0.4, 0.5) is 18.9 Å². The molecule has 112 valence electrons. The molecule has 0 radical (unpaired) electrons. The molecule has 0 saturated heterocycles. The third-order valence-corrected chi connectivity index (χ3v) is 3.28. The molecule has 1 rings (SSSR count). The topological polar surface area (TPSA) is 55.1 Å². The molecule has 20 heavy (non-hydrogen) atoms. The molecule has 0 aliphatic carbocycles. The smallest absolute Gasteiger partial charge is 0.330 e. The molecule has 1 aromatic rings. The summed E-state index contributed by atoms with van der Waals surface area (Å²) in [7, 11) is 0. The maximum atomic E-state index is 12.6. The number of nitrogens with one attached hydrogen (secondary N) is 1. The van der Waals surface area contributed by atoms with Gasteiger partial charge in [0.05, 0.1) is 16.3 Å². The average molecular weight is 309 g/mol. The number of halogens is 4. The van der Waals surface area contributed by atoms with E-state index in [0.29, 0.717) is 6.54 Å². The molecule has 3 N–H and O–H groups in total. The van der Waals surface area contributed by atoms with E-state index < -0.39 is 17.6 Å². The van der Waals surface area contributed by atoms with Crippen LogP contribution in [-0.2, 0) is 11.0 Å². The van der Waals surface area contributed by atoms with E-state index in [9.17, 15) is 18.0 Å². The van der Waals surface area contributed by atoms with Crippen molar-refractivity contribution < 1.29 is 18.0 Å². The van der Waals surface area contributed by atoms with E-state index in [4.69, 9.17) is 17.3 Å². The molecule has 0 aliphatic heterocycles. The number of amides is 1.